The van der Waals surface area contributed by atoms with Gasteiger partial charge in [0.15, 0.2) is 0 Å². The smallest absolute Gasteiger partial charge is 0.251 e. The number of nitrogens with zero attached hydrogens (tertiary/aromatic N) is 2. The zero-order valence-corrected chi connectivity index (χ0v) is 12.3. The molecule has 2 N–H and O–H groups in total. The number of amides is 1. The molecule has 108 valence electrons. The number of rotatable bonds is 6. The SMILES string of the molecule is CCN(CC)CC(C)NC(=O)c1ccc2nc[nH]c2c1. The summed E-state index contributed by atoms with van der Waals surface area (Å²) in [5, 5.41) is 3.04. The minimum atomic E-state index is -0.0406. The number of carbonyl (C=O) groups is 1. The lowest BCUT2D eigenvalue weighted by Crippen LogP contribution is -2.41. The standard InChI is InChI=1S/C15H22N4O/c1-4-19(5-2)9-11(3)18-15(20)12-6-7-13-14(8-12)17-10-16-13/h6-8,10-11H,4-5,9H2,1-3H3,(H,16,17)(H,18,20). The van der Waals surface area contributed by atoms with E-state index in [-0.39, 0.29) is 11.9 Å². The Morgan fingerprint density at radius 2 is 2.15 bits per heavy atom. The Balaban J connectivity index is 2.00. The van der Waals surface area contributed by atoms with Crippen molar-refractivity contribution in [3.63, 3.8) is 0 Å². The monoisotopic (exact) mass is 274 g/mol. The molecule has 1 unspecified atom stereocenters. The lowest BCUT2D eigenvalue weighted by Gasteiger charge is -2.23. The molecule has 5 nitrogen and oxygen atoms in total. The Morgan fingerprint density at radius 3 is 2.85 bits per heavy atom. The zero-order valence-electron chi connectivity index (χ0n) is 12.3. The largest absolute Gasteiger partial charge is 0.348 e. The highest BCUT2D eigenvalue weighted by Gasteiger charge is 2.12. The van der Waals surface area contributed by atoms with E-state index in [1.54, 1.807) is 6.33 Å². The first-order valence-electron chi connectivity index (χ1n) is 7.10. The fourth-order valence-electron chi connectivity index (χ4n) is 2.30. The predicted octanol–water partition coefficient (Wildman–Crippen LogP) is 2.02. The van der Waals surface area contributed by atoms with Gasteiger partial charge < -0.3 is 15.2 Å². The Hall–Kier alpha value is -1.88. The van der Waals surface area contributed by atoms with Crippen molar-refractivity contribution in [3.8, 4) is 0 Å². The van der Waals surface area contributed by atoms with E-state index in [2.05, 4.69) is 34.0 Å². The summed E-state index contributed by atoms with van der Waals surface area (Å²) in [6.45, 7) is 9.15. The van der Waals surface area contributed by atoms with Crippen LogP contribution in [-0.4, -0.2) is 46.5 Å². The highest BCUT2D eigenvalue weighted by Crippen LogP contribution is 2.11. The maximum Gasteiger partial charge on any atom is 0.251 e. The van der Waals surface area contributed by atoms with Gasteiger partial charge in [0, 0.05) is 18.2 Å². The molecule has 0 saturated heterocycles. The summed E-state index contributed by atoms with van der Waals surface area (Å²) in [7, 11) is 0. The number of imidazole rings is 1. The van der Waals surface area contributed by atoms with Gasteiger partial charge in [-0.3, -0.25) is 4.79 Å². The van der Waals surface area contributed by atoms with Gasteiger partial charge in [-0.15, -0.1) is 0 Å². The number of fused-ring (bicyclic) bond motifs is 1. The van der Waals surface area contributed by atoms with Gasteiger partial charge in [0.25, 0.3) is 5.91 Å². The molecule has 1 atom stereocenters. The molecule has 1 amide bonds. The summed E-state index contributed by atoms with van der Waals surface area (Å²) < 4.78 is 0. The average Bonchev–Trinajstić information content (AvgIpc) is 2.91. The van der Waals surface area contributed by atoms with Crippen molar-refractivity contribution in [2.24, 2.45) is 0 Å². The van der Waals surface area contributed by atoms with Crippen LogP contribution in [0.15, 0.2) is 24.5 Å². The van der Waals surface area contributed by atoms with Crippen LogP contribution in [0.25, 0.3) is 11.0 Å². The lowest BCUT2D eigenvalue weighted by atomic mass is 10.1. The van der Waals surface area contributed by atoms with Crippen LogP contribution >= 0.6 is 0 Å². The van der Waals surface area contributed by atoms with E-state index in [4.69, 9.17) is 0 Å². The number of hydrogen-bond donors (Lipinski definition) is 2. The van der Waals surface area contributed by atoms with Crippen molar-refractivity contribution < 1.29 is 4.79 Å². The van der Waals surface area contributed by atoms with Gasteiger partial charge in [-0.25, -0.2) is 4.98 Å². The highest BCUT2D eigenvalue weighted by molar-refractivity contribution is 5.97. The summed E-state index contributed by atoms with van der Waals surface area (Å²) in [4.78, 5) is 21.7. The van der Waals surface area contributed by atoms with Crippen LogP contribution in [-0.2, 0) is 0 Å². The van der Waals surface area contributed by atoms with E-state index in [1.165, 1.54) is 0 Å². The zero-order chi connectivity index (χ0) is 14.5. The van der Waals surface area contributed by atoms with Gasteiger partial charge in [0.05, 0.1) is 17.4 Å². The number of aromatic amines is 1. The van der Waals surface area contributed by atoms with E-state index < -0.39 is 0 Å². The van der Waals surface area contributed by atoms with Gasteiger partial charge in [0.2, 0.25) is 0 Å². The van der Waals surface area contributed by atoms with Crippen LogP contribution in [0, 0.1) is 0 Å². The summed E-state index contributed by atoms with van der Waals surface area (Å²) in [5.41, 5.74) is 2.42. The summed E-state index contributed by atoms with van der Waals surface area (Å²) in [5.74, 6) is -0.0406. The molecule has 5 heteroatoms. The maximum absolute atomic E-state index is 12.2. The number of hydrogen-bond acceptors (Lipinski definition) is 3. The second kappa shape index (κ2) is 6.52. The van der Waals surface area contributed by atoms with Gasteiger partial charge in [-0.2, -0.15) is 0 Å². The number of aromatic nitrogens is 2. The van der Waals surface area contributed by atoms with Gasteiger partial charge in [-0.1, -0.05) is 13.8 Å². The normalized spacial score (nSPS) is 12.8. The van der Waals surface area contributed by atoms with E-state index >= 15 is 0 Å². The molecule has 2 rings (SSSR count). The number of likely N-dealkylation sites (N-methyl/N-ethyl adjacent to an activating group) is 1. The van der Waals surface area contributed by atoms with Gasteiger partial charge in [0.1, 0.15) is 0 Å². The molecule has 1 heterocycles. The van der Waals surface area contributed by atoms with E-state index in [9.17, 15) is 4.79 Å². The molecule has 2 aromatic rings. The second-order valence-electron chi connectivity index (χ2n) is 4.99. The van der Waals surface area contributed by atoms with Crippen LogP contribution < -0.4 is 5.32 Å². The number of H-pyrrole nitrogens is 1. The van der Waals surface area contributed by atoms with Crippen molar-refractivity contribution >= 4 is 16.9 Å². The highest BCUT2D eigenvalue weighted by atomic mass is 16.1. The number of benzene rings is 1. The molecule has 1 aromatic heterocycles. The molecule has 0 saturated carbocycles. The average molecular weight is 274 g/mol. The second-order valence-corrected chi connectivity index (χ2v) is 4.99. The van der Waals surface area contributed by atoms with E-state index in [0.29, 0.717) is 5.56 Å². The quantitative estimate of drug-likeness (QED) is 0.847. The molecule has 0 radical (unpaired) electrons. The Morgan fingerprint density at radius 1 is 1.40 bits per heavy atom. The van der Waals surface area contributed by atoms with Crippen LogP contribution in [0.2, 0.25) is 0 Å². The van der Waals surface area contributed by atoms with E-state index in [1.807, 2.05) is 25.1 Å². The number of nitrogens with one attached hydrogen (secondary N) is 2. The third kappa shape index (κ3) is 3.36. The molecule has 0 bridgehead atoms. The Kier molecular flexibility index (Phi) is 4.74. The van der Waals surface area contributed by atoms with Crippen molar-refractivity contribution in [2.45, 2.75) is 26.8 Å². The van der Waals surface area contributed by atoms with Crippen molar-refractivity contribution in [1.82, 2.24) is 20.2 Å². The van der Waals surface area contributed by atoms with Crippen LogP contribution in [0.3, 0.4) is 0 Å². The molecule has 1 aromatic carbocycles. The predicted molar refractivity (Wildman–Crippen MR) is 80.8 cm³/mol. The first-order chi connectivity index (χ1) is 9.63. The third-order valence-electron chi connectivity index (χ3n) is 3.49. The molecule has 0 aliphatic rings. The fourth-order valence-corrected chi connectivity index (χ4v) is 2.30. The summed E-state index contributed by atoms with van der Waals surface area (Å²) >= 11 is 0. The minimum absolute atomic E-state index is 0.0406. The summed E-state index contributed by atoms with van der Waals surface area (Å²) in [6, 6.07) is 5.63. The molecule has 20 heavy (non-hydrogen) atoms. The molecular formula is C15H22N4O. The van der Waals surface area contributed by atoms with Crippen LogP contribution in [0.5, 0.6) is 0 Å². The fraction of sp³-hybridized carbons (Fsp3) is 0.467. The topological polar surface area (TPSA) is 61.0 Å². The van der Waals surface area contributed by atoms with Crippen molar-refractivity contribution in [1.29, 1.82) is 0 Å². The minimum Gasteiger partial charge on any atom is -0.348 e. The Bertz CT molecular complexity index is 574. The number of carbonyl (C=O) groups excluding carboxylic acids is 1. The molecule has 0 fully saturated rings. The van der Waals surface area contributed by atoms with Crippen molar-refractivity contribution in [2.75, 3.05) is 19.6 Å². The molecule has 0 aliphatic carbocycles. The Labute approximate surface area is 119 Å². The molecular weight excluding hydrogens is 252 g/mol. The first kappa shape index (κ1) is 14.5. The molecule has 0 spiro atoms. The first-order valence-corrected chi connectivity index (χ1v) is 7.10. The third-order valence-corrected chi connectivity index (χ3v) is 3.49. The lowest BCUT2D eigenvalue weighted by molar-refractivity contribution is 0.0930. The maximum atomic E-state index is 12.2. The van der Waals surface area contributed by atoms with Crippen molar-refractivity contribution in [3.05, 3.63) is 30.1 Å². The van der Waals surface area contributed by atoms with Gasteiger partial charge in [-0.05, 0) is 38.2 Å². The molecule has 0 aliphatic heterocycles. The van der Waals surface area contributed by atoms with Crippen LogP contribution in [0.4, 0.5) is 0 Å². The summed E-state index contributed by atoms with van der Waals surface area (Å²) in [6.07, 6.45) is 1.63. The van der Waals surface area contributed by atoms with Crippen LogP contribution in [0.1, 0.15) is 31.1 Å². The van der Waals surface area contributed by atoms with E-state index in [0.717, 1.165) is 30.7 Å². The van der Waals surface area contributed by atoms with Gasteiger partial charge >= 0.3 is 0 Å².